The Morgan fingerprint density at radius 3 is 2.00 bits per heavy atom. The molecule has 0 aromatic rings. The monoisotopic (exact) mass is 177 g/mol. The molecule has 0 N–H and O–H groups in total. The number of rotatable bonds is 4. The fourth-order valence-corrected chi connectivity index (χ4v) is 0.675. The van der Waals surface area contributed by atoms with Crippen molar-refractivity contribution in [3.8, 4) is 0 Å². The van der Waals surface area contributed by atoms with E-state index in [1.165, 1.54) is 12.8 Å². The molecule has 0 amide bonds. The van der Waals surface area contributed by atoms with Crippen molar-refractivity contribution in [3.63, 3.8) is 0 Å². The number of quaternary nitrogens is 1. The third-order valence-corrected chi connectivity index (χ3v) is 1.28. The Morgan fingerprint density at radius 2 is 1.64 bits per heavy atom. The van der Waals surface area contributed by atoms with Gasteiger partial charge >= 0.3 is 0 Å². The van der Waals surface area contributed by atoms with Gasteiger partial charge in [0, 0.05) is 0 Å². The van der Waals surface area contributed by atoms with Crippen LogP contribution in [0, 0.1) is 0 Å². The van der Waals surface area contributed by atoms with Crippen LogP contribution in [-0.4, -0.2) is 32.2 Å². The zero-order valence-electron chi connectivity index (χ0n) is 8.10. The molecule has 0 aliphatic heterocycles. The lowest BCUT2D eigenvalue weighted by Crippen LogP contribution is -3.00. The summed E-state index contributed by atoms with van der Waals surface area (Å²) in [5.41, 5.74) is 0. The van der Waals surface area contributed by atoms with Gasteiger partial charge in [0.25, 0.3) is 0 Å². The van der Waals surface area contributed by atoms with Crippen LogP contribution in [-0.2, 0) is 0 Å². The minimum Gasteiger partial charge on any atom is -1.00 e. The first-order valence-electron chi connectivity index (χ1n) is 4.01. The molecule has 0 bridgehead atoms. The summed E-state index contributed by atoms with van der Waals surface area (Å²) in [4.78, 5) is 0. The van der Waals surface area contributed by atoms with Gasteiger partial charge in [-0.05, 0) is 12.5 Å². The molecule has 0 aromatic carbocycles. The van der Waals surface area contributed by atoms with Crippen molar-refractivity contribution in [3.05, 3.63) is 12.2 Å². The van der Waals surface area contributed by atoms with Gasteiger partial charge in [0.15, 0.2) is 0 Å². The van der Waals surface area contributed by atoms with Crippen LogP contribution in [0.4, 0.5) is 0 Å². The molecular formula is C9H20ClN. The molecule has 0 aromatic heterocycles. The number of halogens is 1. The zero-order chi connectivity index (χ0) is 8.04. The first-order valence-corrected chi connectivity index (χ1v) is 4.01. The van der Waals surface area contributed by atoms with E-state index < -0.39 is 0 Å². The minimum absolute atomic E-state index is 0. The first kappa shape index (κ1) is 13.6. The standard InChI is InChI=1S/C9H20N.ClH/c1-5-6-7-8-9-10(2,3)4;/h7-8H,5-6,9H2,1-4H3;1H/q+1;/p-1. The van der Waals surface area contributed by atoms with Crippen LogP contribution in [0.3, 0.4) is 0 Å². The lowest BCUT2D eigenvalue weighted by molar-refractivity contribution is -0.864. The van der Waals surface area contributed by atoms with Crippen LogP contribution in [0.1, 0.15) is 19.8 Å². The lowest BCUT2D eigenvalue weighted by Gasteiger charge is -2.21. The number of hydrogen-bond acceptors (Lipinski definition) is 0. The van der Waals surface area contributed by atoms with E-state index in [2.05, 4.69) is 40.2 Å². The van der Waals surface area contributed by atoms with E-state index in [1.54, 1.807) is 0 Å². The summed E-state index contributed by atoms with van der Waals surface area (Å²) in [5.74, 6) is 0. The second kappa shape index (κ2) is 6.68. The lowest BCUT2D eigenvalue weighted by atomic mass is 10.3. The molecule has 0 rings (SSSR count). The predicted octanol–water partition coefficient (Wildman–Crippen LogP) is -0.947. The van der Waals surface area contributed by atoms with Crippen molar-refractivity contribution < 1.29 is 16.9 Å². The van der Waals surface area contributed by atoms with E-state index in [1.807, 2.05) is 0 Å². The van der Waals surface area contributed by atoms with Crippen molar-refractivity contribution in [2.75, 3.05) is 27.7 Å². The normalized spacial score (nSPS) is 11.6. The van der Waals surface area contributed by atoms with Gasteiger partial charge in [-0.3, -0.25) is 0 Å². The maximum absolute atomic E-state index is 2.27. The third-order valence-electron chi connectivity index (χ3n) is 1.28. The average molecular weight is 178 g/mol. The van der Waals surface area contributed by atoms with Crippen LogP contribution in [0.2, 0.25) is 0 Å². The molecule has 0 atom stereocenters. The van der Waals surface area contributed by atoms with Crippen LogP contribution in [0.15, 0.2) is 12.2 Å². The number of nitrogens with zero attached hydrogens (tertiary/aromatic N) is 1. The summed E-state index contributed by atoms with van der Waals surface area (Å²) < 4.78 is 1.03. The molecule has 0 aliphatic rings. The number of allylic oxidation sites excluding steroid dienone is 1. The Labute approximate surface area is 77.1 Å². The Morgan fingerprint density at radius 1 is 1.09 bits per heavy atom. The molecule has 2 heteroatoms. The summed E-state index contributed by atoms with van der Waals surface area (Å²) in [5, 5.41) is 0. The van der Waals surface area contributed by atoms with E-state index in [4.69, 9.17) is 0 Å². The maximum Gasteiger partial charge on any atom is 0.0967 e. The van der Waals surface area contributed by atoms with E-state index in [9.17, 15) is 0 Å². The summed E-state index contributed by atoms with van der Waals surface area (Å²) in [6.07, 6.45) is 7.01. The highest BCUT2D eigenvalue weighted by molar-refractivity contribution is 4.80. The summed E-state index contributed by atoms with van der Waals surface area (Å²) in [7, 11) is 6.61. The minimum atomic E-state index is 0. The smallest absolute Gasteiger partial charge is 0.0967 e. The zero-order valence-corrected chi connectivity index (χ0v) is 8.86. The Kier molecular flexibility index (Phi) is 8.25. The van der Waals surface area contributed by atoms with Crippen LogP contribution < -0.4 is 12.4 Å². The fraction of sp³-hybridized carbons (Fsp3) is 0.778. The van der Waals surface area contributed by atoms with Gasteiger partial charge in [0.05, 0.1) is 27.7 Å². The summed E-state index contributed by atoms with van der Waals surface area (Å²) in [6, 6.07) is 0. The Bertz CT molecular complexity index is 103. The van der Waals surface area contributed by atoms with Crippen LogP contribution in [0.25, 0.3) is 0 Å². The van der Waals surface area contributed by atoms with Gasteiger partial charge < -0.3 is 16.9 Å². The molecule has 0 aliphatic carbocycles. The van der Waals surface area contributed by atoms with Gasteiger partial charge in [-0.15, -0.1) is 0 Å². The molecular weight excluding hydrogens is 158 g/mol. The van der Waals surface area contributed by atoms with Gasteiger partial charge in [-0.2, -0.15) is 0 Å². The molecule has 11 heavy (non-hydrogen) atoms. The van der Waals surface area contributed by atoms with Crippen molar-refractivity contribution in [1.82, 2.24) is 0 Å². The summed E-state index contributed by atoms with van der Waals surface area (Å²) in [6.45, 7) is 3.34. The van der Waals surface area contributed by atoms with Crippen molar-refractivity contribution in [1.29, 1.82) is 0 Å². The average Bonchev–Trinajstić information content (AvgIpc) is 1.78. The molecule has 0 saturated carbocycles. The quantitative estimate of drug-likeness (QED) is 0.384. The second-order valence-corrected chi connectivity index (χ2v) is 3.73. The van der Waals surface area contributed by atoms with Crippen LogP contribution >= 0.6 is 0 Å². The topological polar surface area (TPSA) is 0 Å². The van der Waals surface area contributed by atoms with Gasteiger partial charge in [-0.25, -0.2) is 0 Å². The third kappa shape index (κ3) is 13.1. The Balaban J connectivity index is 0. The van der Waals surface area contributed by atoms with Crippen molar-refractivity contribution in [2.24, 2.45) is 0 Å². The van der Waals surface area contributed by atoms with E-state index in [-0.39, 0.29) is 12.4 Å². The van der Waals surface area contributed by atoms with Crippen molar-refractivity contribution >= 4 is 0 Å². The number of hydrogen-bond donors (Lipinski definition) is 0. The number of likely N-dealkylation sites (N-methyl/N-ethyl adjacent to an activating group) is 1. The molecule has 0 radical (unpaired) electrons. The van der Waals surface area contributed by atoms with Crippen molar-refractivity contribution in [2.45, 2.75) is 19.8 Å². The first-order chi connectivity index (χ1) is 4.56. The van der Waals surface area contributed by atoms with E-state index >= 15 is 0 Å². The molecule has 1 nitrogen and oxygen atoms in total. The highest BCUT2D eigenvalue weighted by Gasteiger charge is 2.00. The predicted molar refractivity (Wildman–Crippen MR) is 46.9 cm³/mol. The number of unbranched alkanes of at least 4 members (excludes halogenated alkanes) is 1. The second-order valence-electron chi connectivity index (χ2n) is 3.73. The largest absolute Gasteiger partial charge is 1.00 e. The molecule has 0 spiro atoms. The highest BCUT2D eigenvalue weighted by atomic mass is 35.5. The molecule has 0 heterocycles. The molecule has 68 valence electrons. The summed E-state index contributed by atoms with van der Waals surface area (Å²) >= 11 is 0. The van der Waals surface area contributed by atoms with Gasteiger partial charge in [0.2, 0.25) is 0 Å². The molecule has 0 saturated heterocycles. The van der Waals surface area contributed by atoms with Crippen LogP contribution in [0.5, 0.6) is 0 Å². The van der Waals surface area contributed by atoms with Gasteiger partial charge in [0.1, 0.15) is 0 Å². The highest BCUT2D eigenvalue weighted by Crippen LogP contribution is 1.93. The Hall–Kier alpha value is -0.0100. The fourth-order valence-electron chi connectivity index (χ4n) is 0.675. The maximum atomic E-state index is 2.27. The van der Waals surface area contributed by atoms with Gasteiger partial charge in [-0.1, -0.05) is 19.4 Å². The molecule has 0 fully saturated rings. The van der Waals surface area contributed by atoms with E-state index in [0.717, 1.165) is 11.0 Å². The SMILES string of the molecule is CCCC=CC[N+](C)(C)C.[Cl-]. The van der Waals surface area contributed by atoms with E-state index in [0.29, 0.717) is 0 Å². The molecule has 0 unspecified atom stereocenters.